The van der Waals surface area contributed by atoms with Crippen LogP contribution in [0, 0.1) is 6.92 Å². The van der Waals surface area contributed by atoms with Gasteiger partial charge in [-0.3, -0.25) is 4.99 Å². The maximum atomic E-state index is 10.1. The quantitative estimate of drug-likeness (QED) is 0.791. The Hall–Kier alpha value is -1.87. The molecule has 3 N–H and O–H groups in total. The molecule has 0 aliphatic heterocycles. The summed E-state index contributed by atoms with van der Waals surface area (Å²) in [5, 5.41) is 12.2. The molecule has 3 heteroatoms. The first kappa shape index (κ1) is 11.6. The zero-order valence-corrected chi connectivity index (χ0v) is 9.85. The Morgan fingerprint density at radius 2 is 2.12 bits per heavy atom. The topological polar surface area (TPSA) is 58.6 Å². The molecule has 0 atom stereocenters. The fourth-order valence-electron chi connectivity index (χ4n) is 1.87. The molecule has 0 unspecified atom stereocenters. The van der Waals surface area contributed by atoms with E-state index in [4.69, 9.17) is 5.73 Å². The van der Waals surface area contributed by atoms with Gasteiger partial charge in [-0.05, 0) is 29.3 Å². The van der Waals surface area contributed by atoms with Crippen LogP contribution in [0.1, 0.15) is 11.1 Å². The Morgan fingerprint density at radius 3 is 2.88 bits per heavy atom. The lowest BCUT2D eigenvalue weighted by molar-refractivity contribution is 0.471. The lowest BCUT2D eigenvalue weighted by Crippen LogP contribution is -2.02. The molecule has 0 saturated heterocycles. The summed E-state index contributed by atoms with van der Waals surface area (Å²) in [6.07, 6.45) is 1.71. The van der Waals surface area contributed by atoms with E-state index in [1.165, 1.54) is 0 Å². The van der Waals surface area contributed by atoms with E-state index < -0.39 is 0 Å². The minimum atomic E-state index is 0.296. The number of benzene rings is 2. The van der Waals surface area contributed by atoms with Gasteiger partial charge in [-0.25, -0.2) is 0 Å². The largest absolute Gasteiger partial charge is 0.507 e. The van der Waals surface area contributed by atoms with Gasteiger partial charge in [-0.1, -0.05) is 24.3 Å². The second-order valence-corrected chi connectivity index (χ2v) is 4.00. The molecular weight excluding hydrogens is 212 g/mol. The minimum absolute atomic E-state index is 0.296. The Morgan fingerprint density at radius 1 is 1.35 bits per heavy atom. The predicted octanol–water partition coefficient (Wildman–Crippen LogP) is 2.23. The normalized spacial score (nSPS) is 11.4. The number of fused-ring (bicyclic) bond motifs is 1. The van der Waals surface area contributed by atoms with Crippen LogP contribution in [0.2, 0.25) is 0 Å². The summed E-state index contributed by atoms with van der Waals surface area (Å²) in [5.74, 6) is 0.296. The molecule has 88 valence electrons. The fourth-order valence-corrected chi connectivity index (χ4v) is 1.87. The third-order valence-corrected chi connectivity index (χ3v) is 2.73. The second kappa shape index (κ2) is 4.97. The first-order chi connectivity index (χ1) is 8.24. The van der Waals surface area contributed by atoms with Crippen LogP contribution in [-0.4, -0.2) is 24.4 Å². The molecule has 0 aliphatic carbocycles. The fraction of sp³-hybridized carbons (Fsp3) is 0.214. The molecule has 2 rings (SSSR count). The first-order valence-electron chi connectivity index (χ1n) is 5.65. The molecule has 0 aromatic heterocycles. The number of hydrogen-bond acceptors (Lipinski definition) is 3. The predicted molar refractivity (Wildman–Crippen MR) is 71.9 cm³/mol. The van der Waals surface area contributed by atoms with Crippen LogP contribution in [0.4, 0.5) is 0 Å². The van der Waals surface area contributed by atoms with Gasteiger partial charge in [0, 0.05) is 18.3 Å². The summed E-state index contributed by atoms with van der Waals surface area (Å²) in [5.41, 5.74) is 7.03. The van der Waals surface area contributed by atoms with Gasteiger partial charge < -0.3 is 10.8 Å². The maximum Gasteiger partial charge on any atom is 0.127 e. The summed E-state index contributed by atoms with van der Waals surface area (Å²) in [6.45, 7) is 2.98. The molecule has 2 aromatic rings. The van der Waals surface area contributed by atoms with Crippen LogP contribution in [-0.2, 0) is 0 Å². The molecule has 3 nitrogen and oxygen atoms in total. The number of rotatable bonds is 3. The first-order valence-corrected chi connectivity index (χ1v) is 5.65. The monoisotopic (exact) mass is 228 g/mol. The van der Waals surface area contributed by atoms with E-state index in [9.17, 15) is 5.11 Å². The van der Waals surface area contributed by atoms with Gasteiger partial charge in [0.25, 0.3) is 0 Å². The molecular formula is C14H16N2O. The standard InChI is InChI=1S/C14H16N2O/c1-10-8-11-4-2-3-5-12(11)13(14(10)17)9-16-7-6-15/h2-5,8-9,17H,6-7,15H2,1H3. The van der Waals surface area contributed by atoms with Crippen LogP contribution >= 0.6 is 0 Å². The lowest BCUT2D eigenvalue weighted by atomic mass is 10.0. The minimum Gasteiger partial charge on any atom is -0.507 e. The van der Waals surface area contributed by atoms with Crippen molar-refractivity contribution in [1.29, 1.82) is 0 Å². The second-order valence-electron chi connectivity index (χ2n) is 4.00. The summed E-state index contributed by atoms with van der Waals surface area (Å²) in [7, 11) is 0. The molecule has 0 bridgehead atoms. The number of aryl methyl sites for hydroxylation is 1. The number of aliphatic imine (C=N–C) groups is 1. The van der Waals surface area contributed by atoms with Gasteiger partial charge in [0.05, 0.1) is 6.54 Å². The molecule has 0 heterocycles. The van der Waals surface area contributed by atoms with Crippen LogP contribution in [0.15, 0.2) is 35.3 Å². The highest BCUT2D eigenvalue weighted by Gasteiger charge is 2.07. The summed E-state index contributed by atoms with van der Waals surface area (Å²) in [6, 6.07) is 9.93. The lowest BCUT2D eigenvalue weighted by Gasteiger charge is -2.08. The van der Waals surface area contributed by atoms with Gasteiger partial charge in [0.2, 0.25) is 0 Å². The number of aromatic hydroxyl groups is 1. The Balaban J connectivity index is 2.61. The molecule has 0 aliphatic rings. The number of nitrogens with zero attached hydrogens (tertiary/aromatic N) is 1. The maximum absolute atomic E-state index is 10.1. The molecule has 2 aromatic carbocycles. The van der Waals surface area contributed by atoms with Crippen molar-refractivity contribution in [2.45, 2.75) is 6.92 Å². The van der Waals surface area contributed by atoms with Crippen molar-refractivity contribution in [2.24, 2.45) is 10.7 Å². The molecule has 0 fully saturated rings. The molecule has 0 radical (unpaired) electrons. The molecule has 0 spiro atoms. The van der Waals surface area contributed by atoms with E-state index >= 15 is 0 Å². The summed E-state index contributed by atoms with van der Waals surface area (Å²) < 4.78 is 0. The van der Waals surface area contributed by atoms with Gasteiger partial charge in [0.1, 0.15) is 5.75 Å². The van der Waals surface area contributed by atoms with Crippen molar-refractivity contribution in [2.75, 3.05) is 13.1 Å². The number of phenols is 1. The number of phenolic OH excluding ortho intramolecular Hbond substituents is 1. The molecule has 17 heavy (non-hydrogen) atoms. The van der Waals surface area contributed by atoms with E-state index in [0.29, 0.717) is 18.8 Å². The van der Waals surface area contributed by atoms with Crippen LogP contribution in [0.3, 0.4) is 0 Å². The van der Waals surface area contributed by atoms with E-state index in [1.54, 1.807) is 6.21 Å². The van der Waals surface area contributed by atoms with Crippen molar-refractivity contribution in [3.05, 3.63) is 41.5 Å². The van der Waals surface area contributed by atoms with Crippen LogP contribution in [0.5, 0.6) is 5.75 Å². The van der Waals surface area contributed by atoms with Gasteiger partial charge >= 0.3 is 0 Å². The van der Waals surface area contributed by atoms with Crippen molar-refractivity contribution < 1.29 is 5.11 Å². The van der Waals surface area contributed by atoms with E-state index in [2.05, 4.69) is 4.99 Å². The highest BCUT2D eigenvalue weighted by molar-refractivity contribution is 6.03. The summed E-state index contributed by atoms with van der Waals surface area (Å²) in [4.78, 5) is 4.20. The average Bonchev–Trinajstić information content (AvgIpc) is 2.34. The zero-order chi connectivity index (χ0) is 12.3. The highest BCUT2D eigenvalue weighted by atomic mass is 16.3. The van der Waals surface area contributed by atoms with Gasteiger partial charge in [-0.2, -0.15) is 0 Å². The van der Waals surface area contributed by atoms with E-state index in [-0.39, 0.29) is 0 Å². The SMILES string of the molecule is Cc1cc2ccccc2c(C=NCCN)c1O. The van der Waals surface area contributed by atoms with Gasteiger partial charge in [-0.15, -0.1) is 0 Å². The van der Waals surface area contributed by atoms with E-state index in [0.717, 1.165) is 21.9 Å². The van der Waals surface area contributed by atoms with Crippen molar-refractivity contribution >= 4 is 17.0 Å². The third kappa shape index (κ3) is 2.29. The van der Waals surface area contributed by atoms with Gasteiger partial charge in [0.15, 0.2) is 0 Å². The Labute approximate surface area is 101 Å². The zero-order valence-electron chi connectivity index (χ0n) is 9.85. The number of hydrogen-bond donors (Lipinski definition) is 2. The third-order valence-electron chi connectivity index (χ3n) is 2.73. The van der Waals surface area contributed by atoms with Crippen LogP contribution in [0.25, 0.3) is 10.8 Å². The van der Waals surface area contributed by atoms with Crippen molar-refractivity contribution in [3.63, 3.8) is 0 Å². The Kier molecular flexibility index (Phi) is 3.40. The van der Waals surface area contributed by atoms with Crippen molar-refractivity contribution in [1.82, 2.24) is 0 Å². The average molecular weight is 228 g/mol. The molecule has 0 saturated carbocycles. The van der Waals surface area contributed by atoms with E-state index in [1.807, 2.05) is 37.3 Å². The Bertz CT molecular complexity index is 561. The molecule has 0 amide bonds. The summed E-state index contributed by atoms with van der Waals surface area (Å²) >= 11 is 0. The van der Waals surface area contributed by atoms with Crippen molar-refractivity contribution in [3.8, 4) is 5.75 Å². The number of nitrogens with two attached hydrogens (primary N) is 1. The smallest absolute Gasteiger partial charge is 0.127 e. The highest BCUT2D eigenvalue weighted by Crippen LogP contribution is 2.29. The van der Waals surface area contributed by atoms with Crippen LogP contribution < -0.4 is 5.73 Å².